The third-order valence-corrected chi connectivity index (χ3v) is 8.37. The number of imidazole rings is 1. The molecule has 0 spiro atoms. The predicted octanol–water partition coefficient (Wildman–Crippen LogP) is 8.82. The van der Waals surface area contributed by atoms with Crippen LogP contribution in [-0.2, 0) is 13.1 Å². The molecule has 6 heteroatoms. The van der Waals surface area contributed by atoms with Gasteiger partial charge in [0.15, 0.2) is 17.6 Å². The van der Waals surface area contributed by atoms with Crippen molar-refractivity contribution < 1.29 is 18.2 Å². The first-order chi connectivity index (χ1) is 20.4. The minimum absolute atomic E-state index is 0.0607. The molecule has 0 radical (unpaired) electrons. The van der Waals surface area contributed by atoms with Crippen molar-refractivity contribution in [2.24, 2.45) is 0 Å². The lowest BCUT2D eigenvalue weighted by Gasteiger charge is -2.02. The van der Waals surface area contributed by atoms with Gasteiger partial charge in [-0.15, -0.1) is 0 Å². The van der Waals surface area contributed by atoms with Crippen LogP contribution in [-0.4, -0.2) is 10.4 Å². The van der Waals surface area contributed by atoms with Gasteiger partial charge in [-0.05, 0) is 79.6 Å². The Balaban J connectivity index is 1.32. The number of fused-ring (bicyclic) bond motifs is 3. The number of allylic oxidation sites excluding steroid dienone is 1. The van der Waals surface area contributed by atoms with Gasteiger partial charge in [-0.2, -0.15) is 0 Å². The van der Waals surface area contributed by atoms with Crippen LogP contribution in [0.5, 0.6) is 0 Å². The van der Waals surface area contributed by atoms with Gasteiger partial charge in [0.1, 0.15) is 29.2 Å². The summed E-state index contributed by atoms with van der Waals surface area (Å²) in [6.07, 6.45) is 4.18. The number of hydrogen-bond acceptors (Lipinski definition) is 3. The highest BCUT2D eigenvalue weighted by atomic mass is 79.9. The maximum atomic E-state index is 13.3. The molecule has 0 N–H and O–H groups in total. The zero-order chi connectivity index (χ0) is 28.8. The summed E-state index contributed by atoms with van der Waals surface area (Å²) in [5, 5.41) is 2.08. The summed E-state index contributed by atoms with van der Waals surface area (Å²) in [5.41, 5.74) is 7.70. The molecular formula is C36H28BrN2O3+. The summed E-state index contributed by atoms with van der Waals surface area (Å²) in [4.78, 5) is 13.3. The topological polar surface area (TPSA) is 52.2 Å². The number of aryl methyl sites for hydroxylation is 2. The van der Waals surface area contributed by atoms with Crippen LogP contribution in [0.25, 0.3) is 38.5 Å². The van der Waals surface area contributed by atoms with Crippen molar-refractivity contribution in [1.82, 2.24) is 4.57 Å². The number of para-hydroxylation sites is 2. The third-order valence-electron chi connectivity index (χ3n) is 7.84. The Kier molecular flexibility index (Phi) is 6.63. The van der Waals surface area contributed by atoms with Crippen LogP contribution in [0.4, 0.5) is 0 Å². The highest BCUT2D eigenvalue weighted by Crippen LogP contribution is 2.33. The number of aromatic nitrogens is 2. The van der Waals surface area contributed by atoms with E-state index in [0.717, 1.165) is 54.5 Å². The molecule has 42 heavy (non-hydrogen) atoms. The van der Waals surface area contributed by atoms with E-state index in [2.05, 4.69) is 76.8 Å². The SMILES string of the molecule is Cc1cc2c(cc1C)[n+](CC(=O)c1ccc(Br)cc1)cn2CC=C(c1cc2ccccc2o1)c1cc2ccccc2o1. The van der Waals surface area contributed by atoms with Crippen molar-refractivity contribution in [1.29, 1.82) is 0 Å². The fourth-order valence-corrected chi connectivity index (χ4v) is 5.70. The van der Waals surface area contributed by atoms with Crippen LogP contribution in [0.2, 0.25) is 0 Å². The van der Waals surface area contributed by atoms with Crippen LogP contribution in [0, 0.1) is 13.8 Å². The van der Waals surface area contributed by atoms with Crippen LogP contribution in [0.3, 0.4) is 0 Å². The van der Waals surface area contributed by atoms with Crippen LogP contribution in [0.1, 0.15) is 33.0 Å². The van der Waals surface area contributed by atoms with Crippen molar-refractivity contribution in [2.75, 3.05) is 0 Å². The van der Waals surface area contributed by atoms with E-state index in [0.29, 0.717) is 12.1 Å². The molecule has 0 saturated heterocycles. The van der Waals surface area contributed by atoms with Gasteiger partial charge in [-0.25, -0.2) is 9.13 Å². The van der Waals surface area contributed by atoms with Gasteiger partial charge < -0.3 is 8.83 Å². The van der Waals surface area contributed by atoms with Crippen molar-refractivity contribution in [3.63, 3.8) is 0 Å². The quantitative estimate of drug-likeness (QED) is 0.133. The number of rotatable bonds is 7. The number of nitrogens with zero attached hydrogens (tertiary/aromatic N) is 2. The number of carbonyl (C=O) groups excluding carboxylic acids is 1. The number of furan rings is 2. The largest absolute Gasteiger partial charge is 0.456 e. The molecule has 7 aromatic rings. The van der Waals surface area contributed by atoms with Crippen LogP contribution < -0.4 is 4.57 Å². The first-order valence-corrected chi connectivity index (χ1v) is 14.7. The summed E-state index contributed by atoms with van der Waals surface area (Å²) in [6, 6.07) is 32.0. The zero-order valence-electron chi connectivity index (χ0n) is 23.3. The standard InChI is InChI=1S/C36H28BrN2O3/c1-23-17-30-31(18-24(23)2)39(21-32(40)25-11-13-28(37)14-12-25)22-38(30)16-15-29(35-19-26-7-3-5-9-33(26)41-35)36-20-27-8-4-6-10-34(27)42-36/h3-15,17-20,22H,16,21H2,1-2H3/q+1. The van der Waals surface area contributed by atoms with Crippen molar-refractivity contribution in [2.45, 2.75) is 26.9 Å². The lowest BCUT2D eigenvalue weighted by Crippen LogP contribution is -2.37. The number of hydrogen-bond donors (Lipinski definition) is 0. The van der Waals surface area contributed by atoms with E-state index in [1.165, 1.54) is 11.1 Å². The number of benzene rings is 4. The van der Waals surface area contributed by atoms with Crippen molar-refractivity contribution in [3.8, 4) is 0 Å². The van der Waals surface area contributed by atoms with E-state index in [1.807, 2.05) is 71.6 Å². The average Bonchev–Trinajstić information content (AvgIpc) is 3.70. The van der Waals surface area contributed by atoms with Gasteiger partial charge in [0.05, 0.1) is 5.57 Å². The normalized spacial score (nSPS) is 11.5. The first-order valence-electron chi connectivity index (χ1n) is 13.9. The molecule has 0 aliphatic carbocycles. The van der Waals surface area contributed by atoms with E-state index < -0.39 is 0 Å². The smallest absolute Gasteiger partial charge is 0.245 e. The lowest BCUT2D eigenvalue weighted by molar-refractivity contribution is -0.657. The molecule has 0 aliphatic heterocycles. The van der Waals surface area contributed by atoms with Gasteiger partial charge in [-0.3, -0.25) is 4.79 Å². The Morgan fingerprint density at radius 1 is 0.810 bits per heavy atom. The van der Waals surface area contributed by atoms with Gasteiger partial charge >= 0.3 is 0 Å². The minimum atomic E-state index is 0.0607. The Hall–Kier alpha value is -4.68. The molecule has 0 bridgehead atoms. The lowest BCUT2D eigenvalue weighted by atomic mass is 10.1. The Morgan fingerprint density at radius 2 is 1.40 bits per heavy atom. The minimum Gasteiger partial charge on any atom is -0.456 e. The van der Waals surface area contributed by atoms with Gasteiger partial charge in [0.25, 0.3) is 0 Å². The Labute approximate surface area is 251 Å². The molecule has 7 rings (SSSR count). The maximum absolute atomic E-state index is 13.3. The van der Waals surface area contributed by atoms with Crippen LogP contribution >= 0.6 is 15.9 Å². The van der Waals surface area contributed by atoms with E-state index >= 15 is 0 Å². The second kappa shape index (κ2) is 10.6. The first kappa shape index (κ1) is 26.2. The molecule has 0 atom stereocenters. The van der Waals surface area contributed by atoms with Crippen molar-refractivity contribution in [3.05, 3.63) is 142 Å². The number of ketones is 1. The zero-order valence-corrected chi connectivity index (χ0v) is 24.9. The molecule has 0 unspecified atom stereocenters. The molecular weight excluding hydrogens is 588 g/mol. The molecule has 3 aromatic heterocycles. The average molecular weight is 617 g/mol. The maximum Gasteiger partial charge on any atom is 0.245 e. The predicted molar refractivity (Wildman–Crippen MR) is 170 cm³/mol. The molecule has 3 heterocycles. The summed E-state index contributed by atoms with van der Waals surface area (Å²) in [6.45, 7) is 5.03. The molecule has 0 amide bonds. The summed E-state index contributed by atoms with van der Waals surface area (Å²) in [5.74, 6) is 1.56. The summed E-state index contributed by atoms with van der Waals surface area (Å²) in [7, 11) is 0. The van der Waals surface area contributed by atoms with Gasteiger partial charge in [-0.1, -0.05) is 64.5 Å². The second-order valence-corrected chi connectivity index (χ2v) is 11.6. The second-order valence-electron chi connectivity index (χ2n) is 10.7. The number of halogens is 1. The fourth-order valence-electron chi connectivity index (χ4n) is 5.43. The van der Waals surface area contributed by atoms with Gasteiger partial charge in [0, 0.05) is 20.8 Å². The van der Waals surface area contributed by atoms with E-state index in [-0.39, 0.29) is 12.3 Å². The highest BCUT2D eigenvalue weighted by molar-refractivity contribution is 9.10. The van der Waals surface area contributed by atoms with E-state index in [1.54, 1.807) is 0 Å². The van der Waals surface area contributed by atoms with E-state index in [4.69, 9.17) is 8.83 Å². The summed E-state index contributed by atoms with van der Waals surface area (Å²) >= 11 is 3.46. The number of Topliss-reactive ketones (excluding diaryl/α,β-unsaturated/α-hetero) is 1. The van der Waals surface area contributed by atoms with Gasteiger partial charge in [0.2, 0.25) is 12.1 Å². The van der Waals surface area contributed by atoms with Crippen LogP contribution in [0.15, 0.2) is 123 Å². The molecule has 0 aliphatic rings. The molecule has 0 fully saturated rings. The molecule has 206 valence electrons. The summed E-state index contributed by atoms with van der Waals surface area (Å²) < 4.78 is 17.8. The Morgan fingerprint density at radius 3 is 2.02 bits per heavy atom. The third kappa shape index (κ3) is 4.88. The number of carbonyl (C=O) groups is 1. The molecule has 0 saturated carbocycles. The van der Waals surface area contributed by atoms with E-state index in [9.17, 15) is 4.79 Å². The fraction of sp³-hybridized carbons (Fsp3) is 0.111. The van der Waals surface area contributed by atoms with Crippen molar-refractivity contribution >= 4 is 60.3 Å². The highest BCUT2D eigenvalue weighted by Gasteiger charge is 2.21. The molecule has 5 nitrogen and oxygen atoms in total. The Bertz CT molecular complexity index is 2000. The molecule has 4 aromatic carbocycles. The monoisotopic (exact) mass is 615 g/mol.